The third-order valence-electron chi connectivity index (χ3n) is 3.71. The van der Waals surface area contributed by atoms with Crippen LogP contribution >= 0.6 is 27.5 Å². The molecule has 0 saturated heterocycles. The normalized spacial score (nSPS) is 22.4. The zero-order valence-electron chi connectivity index (χ0n) is 11.0. The van der Waals surface area contributed by atoms with Crippen LogP contribution in [-0.4, -0.2) is 9.13 Å². The van der Waals surface area contributed by atoms with Crippen molar-refractivity contribution >= 4 is 33.2 Å². The van der Waals surface area contributed by atoms with Crippen molar-refractivity contribution in [2.45, 2.75) is 32.2 Å². The Morgan fingerprint density at radius 1 is 1.30 bits per heavy atom. The zero-order chi connectivity index (χ0) is 14.4. The van der Waals surface area contributed by atoms with Crippen LogP contribution in [0.3, 0.4) is 0 Å². The minimum absolute atomic E-state index is 0.0439. The number of aromatic nitrogens is 2. The van der Waals surface area contributed by atoms with Gasteiger partial charge >= 0.3 is 5.69 Å². The molecule has 0 aliphatic heterocycles. The van der Waals surface area contributed by atoms with E-state index in [0.29, 0.717) is 12.3 Å². The minimum atomic E-state index is -0.324. The molecule has 1 saturated carbocycles. The number of halogens is 2. The molecule has 2 aliphatic carbocycles. The number of hydrogen-bond donors (Lipinski definition) is 0. The lowest BCUT2D eigenvalue weighted by Gasteiger charge is -2.21. The molecule has 1 atom stereocenters. The van der Waals surface area contributed by atoms with Crippen LogP contribution in [0.25, 0.3) is 5.70 Å². The van der Waals surface area contributed by atoms with Crippen LogP contribution in [-0.2, 0) is 0 Å². The standard InChI is InChI=1S/C14H14BrClN2O2/c1-8-6-10(4-5-11(8)15)17-12(16)7-13(19)18(14(17)20)9-2-3-9/h4-5,7-9H,2-3,6H2,1H3. The van der Waals surface area contributed by atoms with Gasteiger partial charge in [-0.1, -0.05) is 40.5 Å². The van der Waals surface area contributed by atoms with Gasteiger partial charge in [0, 0.05) is 17.8 Å². The van der Waals surface area contributed by atoms with Gasteiger partial charge in [0.1, 0.15) is 5.15 Å². The van der Waals surface area contributed by atoms with Crippen molar-refractivity contribution in [1.82, 2.24) is 9.13 Å². The highest BCUT2D eigenvalue weighted by molar-refractivity contribution is 9.11. The van der Waals surface area contributed by atoms with Crippen molar-refractivity contribution in [2.24, 2.45) is 5.92 Å². The maximum atomic E-state index is 12.5. The lowest BCUT2D eigenvalue weighted by molar-refractivity contribution is 0.620. The fourth-order valence-corrected chi connectivity index (χ4v) is 3.01. The Balaban J connectivity index is 2.18. The van der Waals surface area contributed by atoms with Gasteiger partial charge in [-0.05, 0) is 35.7 Å². The molecule has 1 unspecified atom stereocenters. The van der Waals surface area contributed by atoms with E-state index < -0.39 is 0 Å². The highest BCUT2D eigenvalue weighted by atomic mass is 79.9. The van der Waals surface area contributed by atoms with Gasteiger partial charge in [0.05, 0.1) is 0 Å². The zero-order valence-corrected chi connectivity index (χ0v) is 13.3. The van der Waals surface area contributed by atoms with Gasteiger partial charge in [0.2, 0.25) is 0 Å². The minimum Gasteiger partial charge on any atom is -0.269 e. The van der Waals surface area contributed by atoms with Crippen LogP contribution in [0.1, 0.15) is 32.2 Å². The summed E-state index contributed by atoms with van der Waals surface area (Å²) in [6.45, 7) is 2.07. The Morgan fingerprint density at radius 2 is 2.00 bits per heavy atom. The Hall–Kier alpha value is -1.07. The van der Waals surface area contributed by atoms with E-state index >= 15 is 0 Å². The maximum Gasteiger partial charge on any atom is 0.336 e. The van der Waals surface area contributed by atoms with Crippen molar-refractivity contribution in [2.75, 3.05) is 0 Å². The van der Waals surface area contributed by atoms with E-state index in [4.69, 9.17) is 11.6 Å². The smallest absolute Gasteiger partial charge is 0.269 e. The molecule has 4 nitrogen and oxygen atoms in total. The lowest BCUT2D eigenvalue weighted by Crippen LogP contribution is -2.39. The maximum absolute atomic E-state index is 12.5. The monoisotopic (exact) mass is 356 g/mol. The highest BCUT2D eigenvalue weighted by Gasteiger charge is 2.29. The number of nitrogens with zero attached hydrogens (tertiary/aromatic N) is 2. The van der Waals surface area contributed by atoms with E-state index in [1.54, 1.807) is 0 Å². The van der Waals surface area contributed by atoms with Crippen LogP contribution in [0, 0.1) is 5.92 Å². The summed E-state index contributed by atoms with van der Waals surface area (Å²) >= 11 is 9.62. The summed E-state index contributed by atoms with van der Waals surface area (Å²) in [5.41, 5.74) is 0.194. The van der Waals surface area contributed by atoms with Crippen molar-refractivity contribution in [3.63, 3.8) is 0 Å². The molecule has 0 radical (unpaired) electrons. The quantitative estimate of drug-likeness (QED) is 0.763. The predicted octanol–water partition coefficient (Wildman–Crippen LogP) is 3.16. The Kier molecular flexibility index (Phi) is 3.50. The topological polar surface area (TPSA) is 44.0 Å². The number of allylic oxidation sites excluding steroid dienone is 4. The molecule has 1 heterocycles. The van der Waals surface area contributed by atoms with Gasteiger partial charge in [-0.2, -0.15) is 0 Å². The van der Waals surface area contributed by atoms with Crippen molar-refractivity contribution < 1.29 is 0 Å². The van der Waals surface area contributed by atoms with Gasteiger partial charge in [-0.25, -0.2) is 4.79 Å². The molecular formula is C14H14BrClN2O2. The summed E-state index contributed by atoms with van der Waals surface area (Å²) < 4.78 is 3.87. The summed E-state index contributed by atoms with van der Waals surface area (Å²) in [6, 6.07) is 1.38. The van der Waals surface area contributed by atoms with E-state index in [-0.39, 0.29) is 22.4 Å². The molecular weight excluding hydrogens is 344 g/mol. The van der Waals surface area contributed by atoms with Crippen molar-refractivity contribution in [3.05, 3.63) is 48.7 Å². The first-order chi connectivity index (χ1) is 9.49. The highest BCUT2D eigenvalue weighted by Crippen LogP contribution is 2.34. The summed E-state index contributed by atoms with van der Waals surface area (Å²) in [7, 11) is 0. The van der Waals surface area contributed by atoms with Gasteiger partial charge in [0.25, 0.3) is 5.56 Å². The first-order valence-electron chi connectivity index (χ1n) is 6.59. The molecule has 106 valence electrons. The van der Waals surface area contributed by atoms with Gasteiger partial charge < -0.3 is 0 Å². The second-order valence-electron chi connectivity index (χ2n) is 5.34. The molecule has 2 aliphatic rings. The van der Waals surface area contributed by atoms with Crippen LogP contribution in [0.4, 0.5) is 0 Å². The van der Waals surface area contributed by atoms with Crippen molar-refractivity contribution in [1.29, 1.82) is 0 Å². The van der Waals surface area contributed by atoms with Gasteiger partial charge in [-0.3, -0.25) is 13.9 Å². The Labute approximate surface area is 129 Å². The third-order valence-corrected chi connectivity index (χ3v) is 5.04. The second kappa shape index (κ2) is 5.04. The van der Waals surface area contributed by atoms with Crippen LogP contribution in [0.5, 0.6) is 0 Å². The molecule has 0 bridgehead atoms. The molecule has 6 heteroatoms. The van der Waals surface area contributed by atoms with Crippen LogP contribution < -0.4 is 11.2 Å². The molecule has 1 aromatic rings. The van der Waals surface area contributed by atoms with Gasteiger partial charge in [-0.15, -0.1) is 0 Å². The summed E-state index contributed by atoms with van der Waals surface area (Å²) in [5, 5.41) is 0.182. The molecule has 0 spiro atoms. The van der Waals surface area contributed by atoms with Crippen molar-refractivity contribution in [3.8, 4) is 0 Å². The first-order valence-corrected chi connectivity index (χ1v) is 7.77. The largest absolute Gasteiger partial charge is 0.336 e. The average Bonchev–Trinajstić information content (AvgIpc) is 3.17. The molecule has 1 aromatic heterocycles. The van der Waals surface area contributed by atoms with E-state index in [1.807, 2.05) is 12.2 Å². The number of rotatable bonds is 2. The first kappa shape index (κ1) is 13.9. The fraction of sp³-hybridized carbons (Fsp3) is 0.429. The molecule has 0 aromatic carbocycles. The van der Waals surface area contributed by atoms with Crippen LogP contribution in [0.2, 0.25) is 5.15 Å². The Bertz CT molecular complexity index is 741. The molecule has 1 fully saturated rings. The van der Waals surface area contributed by atoms with E-state index in [2.05, 4.69) is 22.9 Å². The Morgan fingerprint density at radius 3 is 2.60 bits per heavy atom. The molecule has 3 rings (SSSR count). The average molecular weight is 358 g/mol. The van der Waals surface area contributed by atoms with E-state index in [9.17, 15) is 9.59 Å². The van der Waals surface area contributed by atoms with Gasteiger partial charge in [0.15, 0.2) is 0 Å². The lowest BCUT2D eigenvalue weighted by atomic mass is 10.0. The summed E-state index contributed by atoms with van der Waals surface area (Å²) in [6.07, 6.45) is 6.28. The number of hydrogen-bond acceptors (Lipinski definition) is 2. The SMILES string of the molecule is CC1CC(n2c(Cl)cc(=O)n(C3CC3)c2=O)=CC=C1Br. The van der Waals surface area contributed by atoms with E-state index in [1.165, 1.54) is 15.2 Å². The summed E-state index contributed by atoms with van der Waals surface area (Å²) in [4.78, 5) is 24.5. The van der Waals surface area contributed by atoms with E-state index in [0.717, 1.165) is 23.0 Å². The second-order valence-corrected chi connectivity index (χ2v) is 6.64. The van der Waals surface area contributed by atoms with Crippen LogP contribution in [0.15, 0.2) is 32.3 Å². The fourth-order valence-electron chi connectivity index (χ4n) is 2.44. The molecule has 0 amide bonds. The molecule has 0 N–H and O–H groups in total. The third kappa shape index (κ3) is 2.33. The predicted molar refractivity (Wildman–Crippen MR) is 83.3 cm³/mol. The summed E-state index contributed by atoms with van der Waals surface area (Å²) in [5.74, 6) is 0.291. The molecule has 20 heavy (non-hydrogen) atoms.